The summed E-state index contributed by atoms with van der Waals surface area (Å²) in [7, 11) is 1.44. The van der Waals surface area contributed by atoms with Gasteiger partial charge in [-0.25, -0.2) is 4.79 Å². The van der Waals surface area contributed by atoms with Gasteiger partial charge in [0.15, 0.2) is 6.10 Å². The minimum atomic E-state index is -1.30. The molecule has 1 heterocycles. The number of aliphatic hydroxyl groups is 1. The first kappa shape index (κ1) is 19.7. The average Bonchev–Trinajstić information content (AvgIpc) is 2.57. The lowest BCUT2D eigenvalue weighted by Crippen LogP contribution is -2.27. The number of aliphatic hydroxyl groups excluding tert-OH is 1. The monoisotopic (exact) mass is 360 g/mol. The van der Waals surface area contributed by atoms with Crippen molar-refractivity contribution in [2.45, 2.75) is 39.4 Å². The number of benzene rings is 1. The Kier molecular flexibility index (Phi) is 6.21. The van der Waals surface area contributed by atoms with E-state index in [9.17, 15) is 14.7 Å². The van der Waals surface area contributed by atoms with E-state index in [1.54, 1.807) is 25.1 Å². The molecule has 0 aliphatic carbocycles. The lowest BCUT2D eigenvalue weighted by molar-refractivity contribution is -0.153. The first-order chi connectivity index (χ1) is 12.2. The van der Waals surface area contributed by atoms with Crippen LogP contribution in [0.15, 0.2) is 45.6 Å². The normalized spacial score (nSPS) is 13.5. The first-order valence-corrected chi connectivity index (χ1v) is 8.38. The predicted octanol–water partition coefficient (Wildman–Crippen LogP) is 3.37. The summed E-state index contributed by atoms with van der Waals surface area (Å²) in [4.78, 5) is 23.8. The van der Waals surface area contributed by atoms with Crippen LogP contribution in [0.4, 0.5) is 0 Å². The van der Waals surface area contributed by atoms with Crippen LogP contribution in [0.25, 0.3) is 11.0 Å². The van der Waals surface area contributed by atoms with Gasteiger partial charge >= 0.3 is 11.6 Å². The van der Waals surface area contributed by atoms with E-state index < -0.39 is 23.8 Å². The van der Waals surface area contributed by atoms with Crippen molar-refractivity contribution < 1.29 is 23.8 Å². The molecule has 2 aromatic rings. The van der Waals surface area contributed by atoms with Crippen molar-refractivity contribution in [2.75, 3.05) is 7.11 Å². The molecule has 0 saturated heterocycles. The summed E-state index contributed by atoms with van der Waals surface area (Å²) in [5, 5.41) is 11.6. The first-order valence-electron chi connectivity index (χ1n) is 8.38. The second-order valence-corrected chi connectivity index (χ2v) is 6.65. The van der Waals surface area contributed by atoms with Crippen LogP contribution in [0, 0.1) is 5.92 Å². The van der Waals surface area contributed by atoms with Gasteiger partial charge in [-0.3, -0.25) is 4.79 Å². The van der Waals surface area contributed by atoms with Gasteiger partial charge in [0.1, 0.15) is 17.4 Å². The smallest absolute Gasteiger partial charge is 0.336 e. The van der Waals surface area contributed by atoms with Crippen LogP contribution < -0.4 is 10.4 Å². The highest BCUT2D eigenvalue weighted by Gasteiger charge is 2.31. The molecule has 6 nitrogen and oxygen atoms in total. The number of carbonyl (C=O) groups excluding carboxylic acids is 1. The molecule has 26 heavy (non-hydrogen) atoms. The number of ether oxygens (including phenoxy) is 2. The van der Waals surface area contributed by atoms with Gasteiger partial charge < -0.3 is 19.0 Å². The number of methoxy groups -OCH3 is 1. The summed E-state index contributed by atoms with van der Waals surface area (Å²) in [5.74, 6) is 0.00809. The van der Waals surface area contributed by atoms with Crippen LogP contribution in [-0.2, 0) is 9.53 Å². The van der Waals surface area contributed by atoms with E-state index >= 15 is 0 Å². The van der Waals surface area contributed by atoms with Crippen molar-refractivity contribution in [2.24, 2.45) is 5.92 Å². The van der Waals surface area contributed by atoms with Gasteiger partial charge in [-0.1, -0.05) is 20.4 Å². The Morgan fingerprint density at radius 2 is 1.92 bits per heavy atom. The number of carbonyl (C=O) groups is 1. The zero-order valence-electron chi connectivity index (χ0n) is 15.4. The quantitative estimate of drug-likeness (QED) is 0.463. The molecule has 0 amide bonds. The van der Waals surface area contributed by atoms with Crippen LogP contribution in [0.5, 0.6) is 5.75 Å². The Hall–Kier alpha value is -2.60. The molecule has 1 N–H and O–H groups in total. The highest BCUT2D eigenvalue weighted by Crippen LogP contribution is 2.36. The number of hydrogen-bond acceptors (Lipinski definition) is 6. The van der Waals surface area contributed by atoms with Crippen molar-refractivity contribution >= 4 is 16.9 Å². The van der Waals surface area contributed by atoms with Crippen molar-refractivity contribution in [3.8, 4) is 5.75 Å². The van der Waals surface area contributed by atoms with Gasteiger partial charge in [-0.15, -0.1) is 0 Å². The fourth-order valence-electron chi connectivity index (χ4n) is 2.70. The number of esters is 1. The van der Waals surface area contributed by atoms with Gasteiger partial charge in [0, 0.05) is 17.9 Å². The molecule has 2 atom stereocenters. The van der Waals surface area contributed by atoms with Gasteiger partial charge in [0.25, 0.3) is 0 Å². The summed E-state index contributed by atoms with van der Waals surface area (Å²) in [6.45, 7) is 9.27. The Bertz CT molecular complexity index is 864. The molecule has 1 aromatic carbocycles. The topological polar surface area (TPSA) is 86.0 Å². The fraction of sp³-hybridized carbons (Fsp3) is 0.400. The van der Waals surface area contributed by atoms with Gasteiger partial charge in [0.2, 0.25) is 0 Å². The predicted molar refractivity (Wildman–Crippen MR) is 98.1 cm³/mol. The third kappa shape index (κ3) is 4.32. The van der Waals surface area contributed by atoms with Gasteiger partial charge in [-0.2, -0.15) is 0 Å². The van der Waals surface area contributed by atoms with Crippen molar-refractivity contribution in [1.82, 2.24) is 0 Å². The highest BCUT2D eigenvalue weighted by atomic mass is 16.6. The second-order valence-electron chi connectivity index (χ2n) is 6.65. The lowest BCUT2D eigenvalue weighted by Gasteiger charge is -2.25. The maximum absolute atomic E-state index is 12.1. The SMILES string of the molecule is C=C(C)[C@@H](OC(=O)CC(C)C)[C@H](O)c1c(OC)ccc2ccc(=O)oc12. The van der Waals surface area contributed by atoms with E-state index in [4.69, 9.17) is 13.9 Å². The molecule has 0 aliphatic heterocycles. The van der Waals surface area contributed by atoms with Gasteiger partial charge in [0.05, 0.1) is 12.7 Å². The summed E-state index contributed by atoms with van der Waals surface area (Å²) in [6.07, 6.45) is -2.07. The summed E-state index contributed by atoms with van der Waals surface area (Å²) in [6, 6.07) is 6.27. The Morgan fingerprint density at radius 3 is 2.50 bits per heavy atom. The molecule has 140 valence electrons. The van der Waals surface area contributed by atoms with Crippen molar-refractivity contribution in [1.29, 1.82) is 0 Å². The molecule has 0 spiro atoms. The van der Waals surface area contributed by atoms with E-state index in [0.29, 0.717) is 16.7 Å². The van der Waals surface area contributed by atoms with Crippen LogP contribution in [-0.4, -0.2) is 24.3 Å². The maximum atomic E-state index is 12.1. The van der Waals surface area contributed by atoms with E-state index in [1.807, 2.05) is 13.8 Å². The maximum Gasteiger partial charge on any atom is 0.336 e. The molecule has 0 unspecified atom stereocenters. The van der Waals surface area contributed by atoms with Crippen LogP contribution >= 0.6 is 0 Å². The largest absolute Gasteiger partial charge is 0.496 e. The average molecular weight is 360 g/mol. The zero-order chi connectivity index (χ0) is 19.4. The molecule has 0 bridgehead atoms. The van der Waals surface area contributed by atoms with Crippen molar-refractivity contribution in [3.63, 3.8) is 0 Å². The van der Waals surface area contributed by atoms with Crippen molar-refractivity contribution in [3.05, 3.63) is 52.4 Å². The van der Waals surface area contributed by atoms with Crippen LogP contribution in [0.2, 0.25) is 0 Å². The van der Waals surface area contributed by atoms with E-state index in [1.165, 1.54) is 13.2 Å². The van der Waals surface area contributed by atoms with E-state index in [-0.39, 0.29) is 23.5 Å². The molecule has 6 heteroatoms. The fourth-order valence-corrected chi connectivity index (χ4v) is 2.70. The second kappa shape index (κ2) is 8.19. The molecule has 0 aliphatic rings. The summed E-state index contributed by atoms with van der Waals surface area (Å²) in [5.41, 5.74) is 0.346. The molecule has 0 saturated carbocycles. The Morgan fingerprint density at radius 1 is 1.27 bits per heavy atom. The molecular formula is C20H24O6. The number of rotatable bonds is 7. The minimum Gasteiger partial charge on any atom is -0.496 e. The molecular weight excluding hydrogens is 336 g/mol. The minimum absolute atomic E-state index is 0.121. The molecule has 0 radical (unpaired) electrons. The van der Waals surface area contributed by atoms with E-state index in [2.05, 4.69) is 6.58 Å². The molecule has 2 rings (SSSR count). The zero-order valence-corrected chi connectivity index (χ0v) is 15.4. The number of hydrogen-bond donors (Lipinski definition) is 1. The summed E-state index contributed by atoms with van der Waals surface area (Å²) >= 11 is 0. The van der Waals surface area contributed by atoms with Gasteiger partial charge in [-0.05, 0) is 36.6 Å². The number of fused-ring (bicyclic) bond motifs is 1. The summed E-state index contributed by atoms with van der Waals surface area (Å²) < 4.78 is 16.1. The Labute approximate surface area is 152 Å². The molecule has 1 aromatic heterocycles. The lowest BCUT2D eigenvalue weighted by atomic mass is 9.96. The standard InChI is InChI=1S/C20H24O6/c1-11(2)10-16(22)26-19(12(3)4)18(23)17-14(24-5)8-6-13-7-9-15(21)25-20(13)17/h6-9,11,18-19,23H,3,10H2,1-2,4-5H3/t18-,19-/m1/s1. The molecule has 0 fully saturated rings. The highest BCUT2D eigenvalue weighted by molar-refractivity contribution is 5.82. The van der Waals surface area contributed by atoms with Crippen LogP contribution in [0.3, 0.4) is 0 Å². The van der Waals surface area contributed by atoms with E-state index in [0.717, 1.165) is 0 Å². The Balaban J connectivity index is 2.52. The van der Waals surface area contributed by atoms with Crippen LogP contribution in [0.1, 0.15) is 38.9 Å². The third-order valence-corrected chi connectivity index (χ3v) is 3.91. The third-order valence-electron chi connectivity index (χ3n) is 3.91.